The molecule has 1 heterocycles. The van der Waals surface area contributed by atoms with E-state index in [2.05, 4.69) is 29.8 Å². The molecule has 0 saturated heterocycles. The molecule has 19 heavy (non-hydrogen) atoms. The number of hydrogen-bond acceptors (Lipinski definition) is 3. The van der Waals surface area contributed by atoms with Gasteiger partial charge in [0.2, 0.25) is 0 Å². The van der Waals surface area contributed by atoms with E-state index in [1.54, 1.807) is 0 Å². The zero-order valence-electron chi connectivity index (χ0n) is 11.8. The second-order valence-corrected chi connectivity index (χ2v) is 6.93. The van der Waals surface area contributed by atoms with Gasteiger partial charge < -0.3 is 10.1 Å². The minimum Gasteiger partial charge on any atom is -0.378 e. The molecule has 0 spiro atoms. The Bertz CT molecular complexity index is 366. The van der Waals surface area contributed by atoms with Crippen LogP contribution in [0.1, 0.15) is 56.4 Å². The van der Waals surface area contributed by atoms with Crippen LogP contribution in [-0.4, -0.2) is 18.8 Å². The molecule has 0 radical (unpaired) electrons. The van der Waals surface area contributed by atoms with Gasteiger partial charge in [-0.3, -0.25) is 0 Å². The lowest BCUT2D eigenvalue weighted by molar-refractivity contribution is -0.0141. The van der Waals surface area contributed by atoms with E-state index in [-0.39, 0.29) is 0 Å². The summed E-state index contributed by atoms with van der Waals surface area (Å²) in [7, 11) is 0. The van der Waals surface area contributed by atoms with Crippen LogP contribution in [0.25, 0.3) is 0 Å². The van der Waals surface area contributed by atoms with Crippen LogP contribution in [0.15, 0.2) is 17.5 Å². The smallest absolute Gasteiger partial charge is 0.0604 e. The summed E-state index contributed by atoms with van der Waals surface area (Å²) in [5, 5.41) is 6.13. The van der Waals surface area contributed by atoms with Crippen molar-refractivity contribution in [3.63, 3.8) is 0 Å². The highest BCUT2D eigenvalue weighted by atomic mass is 32.1. The third-order valence-electron chi connectivity index (χ3n) is 4.63. The van der Waals surface area contributed by atoms with E-state index in [1.165, 1.54) is 43.4 Å². The van der Waals surface area contributed by atoms with Gasteiger partial charge in [-0.05, 0) is 50.0 Å². The Morgan fingerprint density at radius 3 is 2.79 bits per heavy atom. The predicted octanol–water partition coefficient (Wildman–Crippen LogP) is 4.14. The van der Waals surface area contributed by atoms with Crippen molar-refractivity contribution in [3.05, 3.63) is 22.4 Å². The summed E-state index contributed by atoms with van der Waals surface area (Å²) >= 11 is 1.91. The Balaban J connectivity index is 1.58. The third kappa shape index (κ3) is 3.21. The molecule has 0 amide bonds. The molecule has 1 atom stereocenters. The molecule has 106 valence electrons. The normalized spacial score (nSPS) is 29.3. The van der Waals surface area contributed by atoms with E-state index >= 15 is 0 Å². The molecule has 3 rings (SSSR count). The Labute approximate surface area is 120 Å². The van der Waals surface area contributed by atoms with E-state index in [0.29, 0.717) is 18.2 Å². The van der Waals surface area contributed by atoms with Crippen LogP contribution >= 0.6 is 11.3 Å². The van der Waals surface area contributed by atoms with E-state index < -0.39 is 0 Å². The lowest BCUT2D eigenvalue weighted by Gasteiger charge is -2.39. The quantitative estimate of drug-likeness (QED) is 0.845. The molecule has 0 aromatic carbocycles. The van der Waals surface area contributed by atoms with E-state index in [4.69, 9.17) is 4.74 Å². The first-order valence-corrected chi connectivity index (χ1v) is 8.66. The molecule has 1 N–H and O–H groups in total. The lowest BCUT2D eigenvalue weighted by Crippen LogP contribution is -2.47. The number of nitrogens with one attached hydrogen (secondary N) is 1. The molecule has 2 nitrogen and oxygen atoms in total. The monoisotopic (exact) mass is 279 g/mol. The van der Waals surface area contributed by atoms with Gasteiger partial charge >= 0.3 is 0 Å². The molecule has 3 heteroatoms. The first kappa shape index (κ1) is 13.6. The zero-order chi connectivity index (χ0) is 13.1. The SMILES string of the molecule is CCOC1CC(NC(c2cccs2)C2CCCC2)C1. The highest BCUT2D eigenvalue weighted by Gasteiger charge is 2.34. The van der Waals surface area contributed by atoms with Crippen LogP contribution in [0.2, 0.25) is 0 Å². The Kier molecular flexibility index (Phi) is 4.57. The highest BCUT2D eigenvalue weighted by Crippen LogP contribution is 2.39. The van der Waals surface area contributed by atoms with E-state index in [9.17, 15) is 0 Å². The van der Waals surface area contributed by atoms with Crippen LogP contribution in [0, 0.1) is 5.92 Å². The molecule has 1 aromatic rings. The van der Waals surface area contributed by atoms with Gasteiger partial charge in [-0.1, -0.05) is 18.9 Å². The molecule has 1 unspecified atom stereocenters. The van der Waals surface area contributed by atoms with Gasteiger partial charge in [0.1, 0.15) is 0 Å². The minimum absolute atomic E-state index is 0.509. The van der Waals surface area contributed by atoms with Gasteiger partial charge in [0.25, 0.3) is 0 Å². The summed E-state index contributed by atoms with van der Waals surface area (Å²) < 4.78 is 5.67. The minimum atomic E-state index is 0.509. The predicted molar refractivity (Wildman–Crippen MR) is 80.6 cm³/mol. The fourth-order valence-corrected chi connectivity index (χ4v) is 4.42. The van der Waals surface area contributed by atoms with Crippen LogP contribution < -0.4 is 5.32 Å². The summed E-state index contributed by atoms with van der Waals surface area (Å²) in [6.45, 7) is 2.95. The fraction of sp³-hybridized carbons (Fsp3) is 0.750. The number of rotatable bonds is 6. The summed E-state index contributed by atoms with van der Waals surface area (Å²) in [6, 6.07) is 5.76. The van der Waals surface area contributed by atoms with Crippen molar-refractivity contribution in [1.29, 1.82) is 0 Å². The van der Waals surface area contributed by atoms with E-state index in [0.717, 1.165) is 12.5 Å². The van der Waals surface area contributed by atoms with E-state index in [1.807, 2.05) is 11.3 Å². The Morgan fingerprint density at radius 2 is 2.16 bits per heavy atom. The fourth-order valence-electron chi connectivity index (χ4n) is 3.54. The van der Waals surface area contributed by atoms with Crippen molar-refractivity contribution in [2.24, 2.45) is 5.92 Å². The maximum absolute atomic E-state index is 5.67. The number of hydrogen-bond donors (Lipinski definition) is 1. The first-order chi connectivity index (χ1) is 9.36. The van der Waals surface area contributed by atoms with Gasteiger partial charge in [0, 0.05) is 23.6 Å². The van der Waals surface area contributed by atoms with Crippen LogP contribution in [0.4, 0.5) is 0 Å². The molecule has 2 fully saturated rings. The second-order valence-electron chi connectivity index (χ2n) is 5.95. The summed E-state index contributed by atoms with van der Waals surface area (Å²) in [5.41, 5.74) is 0. The third-order valence-corrected chi connectivity index (χ3v) is 5.59. The largest absolute Gasteiger partial charge is 0.378 e. The van der Waals surface area contributed by atoms with Crippen molar-refractivity contribution >= 4 is 11.3 Å². The average molecular weight is 279 g/mol. The van der Waals surface area contributed by atoms with Crippen molar-refractivity contribution in [3.8, 4) is 0 Å². The van der Waals surface area contributed by atoms with Crippen molar-refractivity contribution in [2.45, 2.75) is 63.6 Å². The summed E-state index contributed by atoms with van der Waals surface area (Å²) in [6.07, 6.45) is 8.54. The summed E-state index contributed by atoms with van der Waals surface area (Å²) in [5.74, 6) is 0.852. The maximum Gasteiger partial charge on any atom is 0.0604 e. The highest BCUT2D eigenvalue weighted by molar-refractivity contribution is 7.10. The molecule has 2 aliphatic carbocycles. The summed E-state index contributed by atoms with van der Waals surface area (Å²) in [4.78, 5) is 1.53. The topological polar surface area (TPSA) is 21.3 Å². The van der Waals surface area contributed by atoms with Crippen molar-refractivity contribution in [2.75, 3.05) is 6.61 Å². The molecular weight excluding hydrogens is 254 g/mol. The Morgan fingerprint density at radius 1 is 1.37 bits per heavy atom. The van der Waals surface area contributed by atoms with Gasteiger partial charge in [0.05, 0.1) is 6.10 Å². The van der Waals surface area contributed by atoms with Crippen LogP contribution in [0.5, 0.6) is 0 Å². The molecular formula is C16H25NOS. The van der Waals surface area contributed by atoms with Crippen LogP contribution in [-0.2, 0) is 4.74 Å². The Hall–Kier alpha value is -0.380. The number of thiophene rings is 1. The standard InChI is InChI=1S/C16H25NOS/c1-2-18-14-10-13(11-14)17-16(12-6-3-4-7-12)15-8-5-9-19-15/h5,8-9,12-14,16-17H,2-4,6-7,10-11H2,1H3. The van der Waals surface area contributed by atoms with Gasteiger partial charge in [-0.15, -0.1) is 11.3 Å². The number of ether oxygens (including phenoxy) is 1. The molecule has 1 aromatic heterocycles. The molecule has 0 aliphatic heterocycles. The second kappa shape index (κ2) is 6.38. The van der Waals surface area contributed by atoms with Crippen molar-refractivity contribution < 1.29 is 4.74 Å². The first-order valence-electron chi connectivity index (χ1n) is 7.78. The zero-order valence-corrected chi connectivity index (χ0v) is 12.6. The molecule has 2 aliphatic rings. The lowest BCUT2D eigenvalue weighted by atomic mass is 9.86. The van der Waals surface area contributed by atoms with Gasteiger partial charge in [-0.2, -0.15) is 0 Å². The average Bonchev–Trinajstić information content (AvgIpc) is 3.04. The maximum atomic E-state index is 5.67. The van der Waals surface area contributed by atoms with Crippen molar-refractivity contribution in [1.82, 2.24) is 5.32 Å². The van der Waals surface area contributed by atoms with Gasteiger partial charge in [0.15, 0.2) is 0 Å². The van der Waals surface area contributed by atoms with Crippen LogP contribution in [0.3, 0.4) is 0 Å². The van der Waals surface area contributed by atoms with Gasteiger partial charge in [-0.25, -0.2) is 0 Å². The molecule has 2 saturated carbocycles. The molecule has 0 bridgehead atoms.